The third kappa shape index (κ3) is 8.39. The number of thiazole rings is 1. The van der Waals surface area contributed by atoms with Crippen molar-refractivity contribution in [2.45, 2.75) is 59.3 Å². The van der Waals surface area contributed by atoms with Crippen molar-refractivity contribution < 1.29 is 14.7 Å². The topological polar surface area (TPSA) is 93.2 Å². The number of benzene rings is 2. The lowest BCUT2D eigenvalue weighted by molar-refractivity contribution is 0.279. The van der Waals surface area contributed by atoms with Crippen LogP contribution in [-0.2, 0) is 6.42 Å². The number of nitrogens with two attached hydrogens (primary N) is 1. The molecule has 0 aliphatic rings. The molecular weight excluding hydrogens is 484 g/mol. The van der Waals surface area contributed by atoms with Gasteiger partial charge >= 0.3 is 0 Å². The molecule has 1 aromatic heterocycles. The lowest BCUT2D eigenvalue weighted by Crippen LogP contribution is -2.21. The third-order valence-corrected chi connectivity index (χ3v) is 7.37. The highest BCUT2D eigenvalue weighted by molar-refractivity contribution is 7.16. The predicted molar refractivity (Wildman–Crippen MR) is 154 cm³/mol. The van der Waals surface area contributed by atoms with Crippen LogP contribution < -0.4 is 20.1 Å². The third-order valence-electron chi connectivity index (χ3n) is 6.19. The van der Waals surface area contributed by atoms with Gasteiger partial charge in [-0.05, 0) is 94.5 Å². The minimum Gasteiger partial charge on any atom is -0.494 e. The van der Waals surface area contributed by atoms with Gasteiger partial charge in [0.2, 0.25) is 0 Å². The van der Waals surface area contributed by atoms with Crippen LogP contribution in [-0.4, -0.2) is 42.3 Å². The van der Waals surface area contributed by atoms with E-state index in [2.05, 4.69) is 55.1 Å². The van der Waals surface area contributed by atoms with Gasteiger partial charge in [0, 0.05) is 29.1 Å². The summed E-state index contributed by atoms with van der Waals surface area (Å²) < 4.78 is 11.7. The molecule has 0 atom stereocenters. The second-order valence-corrected chi connectivity index (χ2v) is 9.90. The smallest absolute Gasteiger partial charge is 0.186 e. The average molecular weight is 525 g/mol. The summed E-state index contributed by atoms with van der Waals surface area (Å²) in [5.41, 5.74) is 8.51. The van der Waals surface area contributed by atoms with Crippen LogP contribution >= 0.6 is 11.3 Å². The first-order chi connectivity index (χ1) is 18.1. The SMILES string of the molecule is CCCCc1sc(N(CC)CC)nc1-c1ccc(OCCCCCOc2ccc(C(N)=NO)cc2)cc1. The van der Waals surface area contributed by atoms with Gasteiger partial charge in [-0.15, -0.1) is 11.3 Å². The molecule has 0 amide bonds. The summed E-state index contributed by atoms with van der Waals surface area (Å²) in [6, 6.07) is 15.6. The highest BCUT2D eigenvalue weighted by Gasteiger charge is 2.16. The summed E-state index contributed by atoms with van der Waals surface area (Å²) in [5.74, 6) is 1.75. The van der Waals surface area contributed by atoms with Gasteiger partial charge in [-0.3, -0.25) is 0 Å². The highest BCUT2D eigenvalue weighted by atomic mass is 32.1. The summed E-state index contributed by atoms with van der Waals surface area (Å²) in [4.78, 5) is 8.72. The van der Waals surface area contributed by atoms with E-state index in [1.165, 1.54) is 17.7 Å². The number of aryl methyl sites for hydroxylation is 1. The Hall–Kier alpha value is -3.26. The van der Waals surface area contributed by atoms with E-state index in [9.17, 15) is 0 Å². The molecule has 200 valence electrons. The van der Waals surface area contributed by atoms with Crippen LogP contribution in [0.4, 0.5) is 5.13 Å². The molecule has 0 aliphatic carbocycles. The lowest BCUT2D eigenvalue weighted by Gasteiger charge is -2.16. The van der Waals surface area contributed by atoms with Gasteiger partial charge in [0.1, 0.15) is 11.5 Å². The number of hydrogen-bond acceptors (Lipinski definition) is 7. The molecular formula is C29H40N4O3S. The molecule has 0 spiro atoms. The van der Waals surface area contributed by atoms with Gasteiger partial charge in [0.05, 0.1) is 18.9 Å². The zero-order valence-corrected chi connectivity index (χ0v) is 23.1. The van der Waals surface area contributed by atoms with E-state index in [0.717, 1.165) is 66.7 Å². The van der Waals surface area contributed by atoms with Crippen molar-refractivity contribution in [1.82, 2.24) is 4.98 Å². The standard InChI is InChI=1S/C29H40N4O3S/c1-4-7-11-26-27(31-29(37-26)33(5-2)6-3)22-12-16-24(17-13-22)35-20-9-8-10-21-36-25-18-14-23(15-19-25)28(30)32-34/h12-19,34H,4-11,20-21H2,1-3H3,(H2,30,32). The second kappa shape index (κ2) is 15.1. The highest BCUT2D eigenvalue weighted by Crippen LogP contribution is 2.35. The number of anilines is 1. The van der Waals surface area contributed by atoms with Crippen molar-refractivity contribution in [2.75, 3.05) is 31.2 Å². The van der Waals surface area contributed by atoms with Gasteiger partial charge in [-0.2, -0.15) is 0 Å². The van der Waals surface area contributed by atoms with Crippen LogP contribution in [0.2, 0.25) is 0 Å². The van der Waals surface area contributed by atoms with Crippen molar-refractivity contribution in [1.29, 1.82) is 0 Å². The van der Waals surface area contributed by atoms with E-state index < -0.39 is 0 Å². The number of amidine groups is 1. The molecule has 2 aromatic carbocycles. The first-order valence-corrected chi connectivity index (χ1v) is 14.1. The van der Waals surface area contributed by atoms with Crippen LogP contribution in [0.3, 0.4) is 0 Å². The van der Waals surface area contributed by atoms with Crippen LogP contribution in [0, 0.1) is 0 Å². The van der Waals surface area contributed by atoms with E-state index in [4.69, 9.17) is 25.4 Å². The van der Waals surface area contributed by atoms with Gasteiger partial charge < -0.3 is 25.3 Å². The molecule has 3 aromatic rings. The van der Waals surface area contributed by atoms with Crippen molar-refractivity contribution in [3.63, 3.8) is 0 Å². The Morgan fingerprint density at radius 1 is 0.892 bits per heavy atom. The molecule has 0 fully saturated rings. The number of unbranched alkanes of at least 4 members (excludes halogenated alkanes) is 3. The maximum absolute atomic E-state index is 8.72. The summed E-state index contributed by atoms with van der Waals surface area (Å²) in [5, 5.41) is 12.8. The average Bonchev–Trinajstić information content (AvgIpc) is 3.36. The molecule has 0 bridgehead atoms. The summed E-state index contributed by atoms with van der Waals surface area (Å²) in [6.45, 7) is 9.86. The van der Waals surface area contributed by atoms with Crippen molar-refractivity contribution in [2.24, 2.45) is 10.9 Å². The molecule has 7 nitrogen and oxygen atoms in total. The molecule has 8 heteroatoms. The minimum atomic E-state index is 0.0884. The zero-order chi connectivity index (χ0) is 26.5. The van der Waals surface area contributed by atoms with Crippen LogP contribution in [0.5, 0.6) is 11.5 Å². The van der Waals surface area contributed by atoms with Crippen molar-refractivity contribution in [3.8, 4) is 22.8 Å². The Morgan fingerprint density at radius 2 is 1.49 bits per heavy atom. The van der Waals surface area contributed by atoms with Gasteiger partial charge in [-0.25, -0.2) is 4.98 Å². The largest absolute Gasteiger partial charge is 0.494 e. The van der Waals surface area contributed by atoms with E-state index in [0.29, 0.717) is 18.8 Å². The Balaban J connectivity index is 1.43. The number of hydrogen-bond donors (Lipinski definition) is 2. The Labute approximate surface area is 224 Å². The van der Waals surface area contributed by atoms with Crippen LogP contribution in [0.1, 0.15) is 63.3 Å². The molecule has 0 radical (unpaired) electrons. The number of aromatic nitrogens is 1. The molecule has 0 unspecified atom stereocenters. The molecule has 0 saturated carbocycles. The fourth-order valence-corrected chi connectivity index (χ4v) is 5.20. The number of rotatable bonds is 16. The summed E-state index contributed by atoms with van der Waals surface area (Å²) in [6.07, 6.45) is 6.37. The van der Waals surface area contributed by atoms with Crippen LogP contribution in [0.15, 0.2) is 53.7 Å². The normalized spacial score (nSPS) is 11.5. The summed E-state index contributed by atoms with van der Waals surface area (Å²) >= 11 is 1.83. The number of nitrogens with zero attached hydrogens (tertiary/aromatic N) is 3. The first-order valence-electron chi connectivity index (χ1n) is 13.3. The van der Waals surface area contributed by atoms with E-state index in [1.807, 2.05) is 23.5 Å². The summed E-state index contributed by atoms with van der Waals surface area (Å²) in [7, 11) is 0. The zero-order valence-electron chi connectivity index (χ0n) is 22.3. The Bertz CT molecular complexity index is 1090. The predicted octanol–water partition coefficient (Wildman–Crippen LogP) is 6.72. The van der Waals surface area contributed by atoms with E-state index >= 15 is 0 Å². The fraction of sp³-hybridized carbons (Fsp3) is 0.448. The number of ether oxygens (including phenoxy) is 2. The Morgan fingerprint density at radius 3 is 2.03 bits per heavy atom. The molecule has 0 saturated heterocycles. The van der Waals surface area contributed by atoms with Crippen molar-refractivity contribution >= 4 is 22.3 Å². The Kier molecular flexibility index (Phi) is 11.6. The van der Waals surface area contributed by atoms with Gasteiger partial charge in [0.15, 0.2) is 11.0 Å². The van der Waals surface area contributed by atoms with Gasteiger partial charge in [-0.1, -0.05) is 18.5 Å². The molecule has 3 N–H and O–H groups in total. The molecule has 37 heavy (non-hydrogen) atoms. The second-order valence-electron chi connectivity index (χ2n) is 8.84. The van der Waals surface area contributed by atoms with E-state index in [1.54, 1.807) is 12.1 Å². The minimum absolute atomic E-state index is 0.0884. The maximum atomic E-state index is 8.72. The monoisotopic (exact) mass is 524 g/mol. The number of oxime groups is 1. The van der Waals surface area contributed by atoms with Gasteiger partial charge in [0.25, 0.3) is 0 Å². The van der Waals surface area contributed by atoms with Crippen LogP contribution in [0.25, 0.3) is 11.3 Å². The van der Waals surface area contributed by atoms with E-state index in [-0.39, 0.29) is 5.84 Å². The quantitative estimate of drug-likeness (QED) is 0.0710. The van der Waals surface area contributed by atoms with Crippen molar-refractivity contribution in [3.05, 3.63) is 59.0 Å². The first kappa shape index (κ1) is 28.3. The molecule has 1 heterocycles. The molecule has 0 aliphatic heterocycles. The fourth-order valence-electron chi connectivity index (χ4n) is 3.95. The maximum Gasteiger partial charge on any atom is 0.186 e. The lowest BCUT2D eigenvalue weighted by atomic mass is 10.1. The molecule has 3 rings (SSSR count).